The second kappa shape index (κ2) is 6.57. The number of likely N-dealkylation sites (tertiary alicyclic amines) is 1. The quantitative estimate of drug-likeness (QED) is 0.462. The fraction of sp³-hybridized carbons (Fsp3) is 0.250. The predicted molar refractivity (Wildman–Crippen MR) is 97.1 cm³/mol. The third kappa shape index (κ3) is 2.51. The topological polar surface area (TPSA) is 57.7 Å². The van der Waals surface area contributed by atoms with E-state index in [0.29, 0.717) is 24.1 Å². The van der Waals surface area contributed by atoms with E-state index in [9.17, 15) is 14.4 Å². The minimum Gasteiger partial charge on any atom is -0.334 e. The molecule has 2 unspecified atom stereocenters. The molecule has 0 aromatic heterocycles. The number of imide groups is 1. The van der Waals surface area contributed by atoms with Crippen LogP contribution in [0.25, 0.3) is 0 Å². The van der Waals surface area contributed by atoms with Gasteiger partial charge in [0.25, 0.3) is 11.8 Å². The summed E-state index contributed by atoms with van der Waals surface area (Å²) in [6.07, 6.45) is 0.703. The molecule has 0 saturated carbocycles. The van der Waals surface area contributed by atoms with Crippen LogP contribution < -0.4 is 0 Å². The van der Waals surface area contributed by atoms with Gasteiger partial charge in [-0.1, -0.05) is 42.5 Å². The van der Waals surface area contributed by atoms with Gasteiger partial charge in [0.05, 0.1) is 17.2 Å². The number of benzene rings is 2. The second-order valence-corrected chi connectivity index (χ2v) is 6.77. The molecule has 2 aromatic carbocycles. The molecule has 0 spiro atoms. The fourth-order valence-electron chi connectivity index (χ4n) is 3.67. The smallest absolute Gasteiger partial charge is 0.262 e. The van der Waals surface area contributed by atoms with Crippen LogP contribution in [0.2, 0.25) is 0 Å². The van der Waals surface area contributed by atoms with Crippen LogP contribution in [0.3, 0.4) is 0 Å². The van der Waals surface area contributed by atoms with Crippen molar-refractivity contribution in [3.05, 3.63) is 71.3 Å². The highest BCUT2D eigenvalue weighted by Crippen LogP contribution is 2.33. The molecule has 0 radical (unpaired) electrons. The summed E-state index contributed by atoms with van der Waals surface area (Å²) in [4.78, 5) is 40.7. The number of β-lactam (4-membered cyclic amide) rings is 1. The maximum atomic E-state index is 12.7. The Hall–Kier alpha value is -2.66. The fourth-order valence-corrected chi connectivity index (χ4v) is 4.00. The Morgan fingerprint density at radius 1 is 0.846 bits per heavy atom. The van der Waals surface area contributed by atoms with Gasteiger partial charge in [-0.2, -0.15) is 0 Å². The van der Waals surface area contributed by atoms with E-state index in [1.807, 2.05) is 30.3 Å². The maximum absolute atomic E-state index is 12.7. The number of carbonyl (C=O) groups excluding carboxylic acids is 3. The molecule has 0 aliphatic carbocycles. The summed E-state index contributed by atoms with van der Waals surface area (Å²) in [5.41, 5.74) is 1.82. The number of nitrogens with zero attached hydrogens (tertiary/aromatic N) is 2. The summed E-state index contributed by atoms with van der Waals surface area (Å²) in [6, 6.07) is 15.3. The van der Waals surface area contributed by atoms with E-state index in [1.165, 1.54) is 0 Å². The van der Waals surface area contributed by atoms with Gasteiger partial charge in [-0.05, 0) is 24.1 Å². The molecular formula is C20H17ClN2O3. The van der Waals surface area contributed by atoms with Gasteiger partial charge in [-0.15, -0.1) is 11.6 Å². The van der Waals surface area contributed by atoms with Gasteiger partial charge in [0.15, 0.2) is 0 Å². The molecule has 0 N–H and O–H groups in total. The van der Waals surface area contributed by atoms with Crippen molar-refractivity contribution in [2.45, 2.75) is 18.5 Å². The molecule has 2 atom stereocenters. The van der Waals surface area contributed by atoms with Crippen LogP contribution in [0.5, 0.6) is 0 Å². The van der Waals surface area contributed by atoms with E-state index in [0.717, 1.165) is 10.5 Å². The molecule has 0 bridgehead atoms. The van der Waals surface area contributed by atoms with Crippen molar-refractivity contribution in [2.24, 2.45) is 0 Å². The number of halogens is 1. The van der Waals surface area contributed by atoms with Crippen LogP contribution in [0.1, 0.15) is 26.3 Å². The maximum Gasteiger partial charge on any atom is 0.262 e. The van der Waals surface area contributed by atoms with Gasteiger partial charge in [0, 0.05) is 12.4 Å². The van der Waals surface area contributed by atoms with Gasteiger partial charge >= 0.3 is 0 Å². The molecule has 2 heterocycles. The summed E-state index contributed by atoms with van der Waals surface area (Å²) in [5, 5.41) is 0. The minimum absolute atomic E-state index is 0.179. The van der Waals surface area contributed by atoms with E-state index < -0.39 is 17.9 Å². The first-order valence-corrected chi connectivity index (χ1v) is 9.04. The summed E-state index contributed by atoms with van der Waals surface area (Å²) in [5.74, 6) is -0.872. The van der Waals surface area contributed by atoms with Crippen LogP contribution in [-0.2, 0) is 11.2 Å². The molecule has 3 amide bonds. The normalized spacial score (nSPS) is 21.8. The third-order valence-corrected chi connectivity index (χ3v) is 5.36. The molecular weight excluding hydrogens is 352 g/mol. The van der Waals surface area contributed by atoms with Crippen molar-refractivity contribution in [1.82, 2.24) is 9.80 Å². The van der Waals surface area contributed by atoms with Gasteiger partial charge in [0.1, 0.15) is 6.04 Å². The molecule has 4 rings (SSSR count). The number of fused-ring (bicyclic) bond motifs is 1. The lowest BCUT2D eigenvalue weighted by Gasteiger charge is -2.49. The molecule has 2 aliphatic rings. The average molecular weight is 369 g/mol. The number of hydrogen-bond acceptors (Lipinski definition) is 3. The van der Waals surface area contributed by atoms with E-state index in [-0.39, 0.29) is 17.8 Å². The van der Waals surface area contributed by atoms with Gasteiger partial charge < -0.3 is 4.90 Å². The van der Waals surface area contributed by atoms with E-state index in [1.54, 1.807) is 29.2 Å². The highest BCUT2D eigenvalue weighted by molar-refractivity contribution is 6.24. The first-order chi connectivity index (χ1) is 12.6. The number of amides is 3. The summed E-state index contributed by atoms with van der Waals surface area (Å²) in [6.45, 7) is 0.514. The SMILES string of the molecule is O=C1C(N2C(=O)c3ccccc3C2=O)C(CCl)N1CCc1ccccc1. The standard InChI is InChI=1S/C20H17ClN2O3/c21-12-16-17(20(26)22(16)11-10-13-6-2-1-3-7-13)23-18(24)14-8-4-5-9-15(14)19(23)25/h1-9,16-17H,10-12H2. The van der Waals surface area contributed by atoms with Crippen LogP contribution in [0.15, 0.2) is 54.6 Å². The lowest BCUT2D eigenvalue weighted by atomic mass is 9.94. The number of rotatable bonds is 5. The van der Waals surface area contributed by atoms with Crippen molar-refractivity contribution < 1.29 is 14.4 Å². The highest BCUT2D eigenvalue weighted by atomic mass is 35.5. The van der Waals surface area contributed by atoms with E-state index >= 15 is 0 Å². The Kier molecular flexibility index (Phi) is 4.24. The second-order valence-electron chi connectivity index (χ2n) is 6.46. The number of carbonyl (C=O) groups is 3. The molecule has 2 aliphatic heterocycles. The van der Waals surface area contributed by atoms with Crippen molar-refractivity contribution in [2.75, 3.05) is 12.4 Å². The summed E-state index contributed by atoms with van der Waals surface area (Å²) in [7, 11) is 0. The van der Waals surface area contributed by atoms with Crippen molar-refractivity contribution in [1.29, 1.82) is 0 Å². The van der Waals surface area contributed by atoms with Gasteiger partial charge in [0.2, 0.25) is 5.91 Å². The largest absolute Gasteiger partial charge is 0.334 e. The Morgan fingerprint density at radius 2 is 1.42 bits per heavy atom. The Balaban J connectivity index is 1.51. The molecule has 1 saturated heterocycles. The van der Waals surface area contributed by atoms with Crippen molar-refractivity contribution in [3.63, 3.8) is 0 Å². The first kappa shape index (κ1) is 16.8. The zero-order valence-electron chi connectivity index (χ0n) is 14.0. The summed E-state index contributed by atoms with van der Waals surface area (Å²) < 4.78 is 0. The van der Waals surface area contributed by atoms with Crippen LogP contribution in [0.4, 0.5) is 0 Å². The highest BCUT2D eigenvalue weighted by Gasteiger charge is 2.55. The van der Waals surface area contributed by atoms with Gasteiger partial charge in [-0.3, -0.25) is 19.3 Å². The third-order valence-electron chi connectivity index (χ3n) is 5.05. The van der Waals surface area contributed by atoms with Crippen LogP contribution >= 0.6 is 11.6 Å². The van der Waals surface area contributed by atoms with Crippen molar-refractivity contribution in [3.8, 4) is 0 Å². The Labute approximate surface area is 156 Å². The van der Waals surface area contributed by atoms with Crippen LogP contribution in [0, 0.1) is 0 Å². The lowest BCUT2D eigenvalue weighted by molar-refractivity contribution is -0.153. The van der Waals surface area contributed by atoms with E-state index in [2.05, 4.69) is 0 Å². The monoisotopic (exact) mass is 368 g/mol. The predicted octanol–water partition coefficient (Wildman–Crippen LogP) is 2.34. The lowest BCUT2D eigenvalue weighted by Crippen LogP contribution is -2.72. The molecule has 2 aromatic rings. The zero-order chi connectivity index (χ0) is 18.3. The zero-order valence-corrected chi connectivity index (χ0v) is 14.7. The molecule has 26 heavy (non-hydrogen) atoms. The first-order valence-electron chi connectivity index (χ1n) is 8.50. The van der Waals surface area contributed by atoms with E-state index in [4.69, 9.17) is 11.6 Å². The molecule has 5 nitrogen and oxygen atoms in total. The molecule has 6 heteroatoms. The molecule has 132 valence electrons. The average Bonchev–Trinajstić information content (AvgIpc) is 2.92. The summed E-state index contributed by atoms with van der Waals surface area (Å²) >= 11 is 6.08. The molecule has 1 fully saturated rings. The Bertz CT molecular complexity index is 849. The minimum atomic E-state index is -0.810. The number of alkyl halides is 1. The van der Waals surface area contributed by atoms with Crippen LogP contribution in [-0.4, -0.2) is 52.0 Å². The Morgan fingerprint density at radius 3 is 2.00 bits per heavy atom. The number of hydrogen-bond donors (Lipinski definition) is 0. The van der Waals surface area contributed by atoms with Gasteiger partial charge in [-0.25, -0.2) is 0 Å². The van der Waals surface area contributed by atoms with Crippen molar-refractivity contribution >= 4 is 29.3 Å².